The van der Waals surface area contributed by atoms with Crippen molar-refractivity contribution >= 4 is 11.7 Å². The van der Waals surface area contributed by atoms with Crippen molar-refractivity contribution < 1.29 is 4.79 Å². The highest BCUT2D eigenvalue weighted by Crippen LogP contribution is 2.29. The molecule has 0 bridgehead atoms. The third-order valence-corrected chi connectivity index (χ3v) is 4.60. The van der Waals surface area contributed by atoms with Crippen LogP contribution in [-0.4, -0.2) is 25.2 Å². The van der Waals surface area contributed by atoms with Crippen molar-refractivity contribution in [2.75, 3.05) is 18.0 Å². The van der Waals surface area contributed by atoms with Gasteiger partial charge in [-0.1, -0.05) is 48.5 Å². The second-order valence-electron chi connectivity index (χ2n) is 6.30. The molecule has 0 radical (unpaired) electrons. The molecule has 3 rings (SSSR count). The van der Waals surface area contributed by atoms with Crippen LogP contribution in [0.5, 0.6) is 0 Å². The molecule has 126 valence electrons. The van der Waals surface area contributed by atoms with Gasteiger partial charge in [-0.05, 0) is 37.0 Å². The fraction of sp³-hybridized carbons (Fsp3) is 0.350. The summed E-state index contributed by atoms with van der Waals surface area (Å²) in [7, 11) is 0. The first-order valence-corrected chi connectivity index (χ1v) is 8.64. The number of rotatable bonds is 5. The monoisotopic (exact) mass is 323 g/mol. The lowest BCUT2D eigenvalue weighted by molar-refractivity contribution is 0.240. The predicted molar refractivity (Wildman–Crippen MR) is 98.3 cm³/mol. The number of carbonyl (C=O) groups excluding carboxylic acids is 1. The predicted octanol–water partition coefficient (Wildman–Crippen LogP) is 3.33. The molecule has 0 spiro atoms. The minimum absolute atomic E-state index is 0.114. The standard InChI is InChI=1S/C20H25N3O/c1-16-11-12-18-9-5-6-10-19(18)23(16)14-13-21-20(24)22-15-17-7-3-2-4-8-17/h2-10,16H,11-15H2,1H3,(H2,21,22,24)/t16-/m0/s1. The summed E-state index contributed by atoms with van der Waals surface area (Å²) in [6.45, 7) is 4.28. The lowest BCUT2D eigenvalue weighted by Gasteiger charge is -2.37. The number of anilines is 1. The van der Waals surface area contributed by atoms with E-state index in [1.54, 1.807) is 0 Å². The highest BCUT2D eigenvalue weighted by atomic mass is 16.2. The number of benzene rings is 2. The van der Waals surface area contributed by atoms with Crippen LogP contribution >= 0.6 is 0 Å². The van der Waals surface area contributed by atoms with Crippen molar-refractivity contribution in [2.24, 2.45) is 0 Å². The topological polar surface area (TPSA) is 44.4 Å². The number of nitrogens with one attached hydrogen (secondary N) is 2. The Morgan fingerprint density at radius 2 is 1.83 bits per heavy atom. The Morgan fingerprint density at radius 1 is 1.08 bits per heavy atom. The van der Waals surface area contributed by atoms with Crippen molar-refractivity contribution in [3.05, 3.63) is 65.7 Å². The molecule has 2 aromatic rings. The zero-order chi connectivity index (χ0) is 16.8. The van der Waals surface area contributed by atoms with Crippen molar-refractivity contribution in [1.29, 1.82) is 0 Å². The molecule has 1 atom stereocenters. The lowest BCUT2D eigenvalue weighted by atomic mass is 9.97. The maximum absolute atomic E-state index is 11.9. The van der Waals surface area contributed by atoms with Crippen molar-refractivity contribution in [3.63, 3.8) is 0 Å². The van der Waals surface area contributed by atoms with E-state index in [-0.39, 0.29) is 6.03 Å². The SMILES string of the molecule is C[C@H]1CCc2ccccc2N1CCNC(=O)NCc1ccccc1. The summed E-state index contributed by atoms with van der Waals surface area (Å²) in [5.74, 6) is 0. The van der Waals surface area contributed by atoms with Crippen molar-refractivity contribution in [1.82, 2.24) is 10.6 Å². The normalized spacial score (nSPS) is 16.4. The molecule has 4 heteroatoms. The molecule has 1 aliphatic rings. The van der Waals surface area contributed by atoms with E-state index >= 15 is 0 Å². The number of carbonyl (C=O) groups is 1. The van der Waals surface area contributed by atoms with Gasteiger partial charge >= 0.3 is 6.03 Å². The Morgan fingerprint density at radius 3 is 2.67 bits per heavy atom. The van der Waals surface area contributed by atoms with Crippen LogP contribution in [0.4, 0.5) is 10.5 Å². The van der Waals surface area contributed by atoms with Gasteiger partial charge in [0.1, 0.15) is 0 Å². The molecule has 24 heavy (non-hydrogen) atoms. The summed E-state index contributed by atoms with van der Waals surface area (Å²) in [6, 6.07) is 18.9. The summed E-state index contributed by atoms with van der Waals surface area (Å²) >= 11 is 0. The minimum Gasteiger partial charge on any atom is -0.367 e. The molecule has 0 saturated heterocycles. The Balaban J connectivity index is 1.47. The summed E-state index contributed by atoms with van der Waals surface area (Å²) < 4.78 is 0. The zero-order valence-electron chi connectivity index (χ0n) is 14.2. The summed E-state index contributed by atoms with van der Waals surface area (Å²) in [5, 5.41) is 5.86. The molecular formula is C20H25N3O. The number of hydrogen-bond donors (Lipinski definition) is 2. The van der Waals surface area contributed by atoms with Crippen molar-refractivity contribution in [3.8, 4) is 0 Å². The number of nitrogens with zero attached hydrogens (tertiary/aromatic N) is 1. The van der Waals surface area contributed by atoms with E-state index in [1.165, 1.54) is 11.3 Å². The molecule has 0 fully saturated rings. The molecule has 0 aliphatic carbocycles. The van der Waals surface area contributed by atoms with E-state index in [9.17, 15) is 4.79 Å². The van der Waals surface area contributed by atoms with E-state index in [4.69, 9.17) is 0 Å². The van der Waals surface area contributed by atoms with Crippen LogP contribution in [0.15, 0.2) is 54.6 Å². The average Bonchev–Trinajstić information content (AvgIpc) is 2.63. The van der Waals surface area contributed by atoms with E-state index in [0.29, 0.717) is 19.1 Å². The van der Waals surface area contributed by atoms with Gasteiger partial charge in [0.25, 0.3) is 0 Å². The number of fused-ring (bicyclic) bond motifs is 1. The highest BCUT2D eigenvalue weighted by Gasteiger charge is 2.22. The number of para-hydroxylation sites is 1. The molecule has 0 aromatic heterocycles. The largest absolute Gasteiger partial charge is 0.367 e. The molecule has 1 heterocycles. The first-order chi connectivity index (χ1) is 11.7. The van der Waals surface area contributed by atoms with E-state index in [2.05, 4.69) is 46.7 Å². The van der Waals surface area contributed by atoms with Gasteiger partial charge in [-0.15, -0.1) is 0 Å². The van der Waals surface area contributed by atoms with Crippen molar-refractivity contribution in [2.45, 2.75) is 32.4 Å². The van der Waals surface area contributed by atoms with Gasteiger partial charge in [0.15, 0.2) is 0 Å². The van der Waals surface area contributed by atoms with Crippen LogP contribution in [0.25, 0.3) is 0 Å². The third kappa shape index (κ3) is 4.07. The average molecular weight is 323 g/mol. The van der Waals surface area contributed by atoms with Gasteiger partial charge in [0, 0.05) is 31.4 Å². The Kier molecular flexibility index (Phi) is 5.36. The number of aryl methyl sites for hydroxylation is 1. The van der Waals surface area contributed by atoms with E-state index < -0.39 is 0 Å². The van der Waals surface area contributed by atoms with Crippen LogP contribution in [0.2, 0.25) is 0 Å². The number of hydrogen-bond acceptors (Lipinski definition) is 2. The molecule has 2 amide bonds. The molecule has 4 nitrogen and oxygen atoms in total. The summed E-state index contributed by atoms with van der Waals surface area (Å²) in [6.07, 6.45) is 2.30. The zero-order valence-corrected chi connectivity index (χ0v) is 14.2. The molecule has 2 N–H and O–H groups in total. The van der Waals surface area contributed by atoms with Gasteiger partial charge < -0.3 is 15.5 Å². The third-order valence-electron chi connectivity index (χ3n) is 4.60. The molecule has 0 unspecified atom stereocenters. The first kappa shape index (κ1) is 16.4. The van der Waals surface area contributed by atoms with E-state index in [0.717, 1.165) is 24.9 Å². The fourth-order valence-corrected chi connectivity index (χ4v) is 3.23. The maximum atomic E-state index is 11.9. The summed E-state index contributed by atoms with van der Waals surface area (Å²) in [4.78, 5) is 14.3. The minimum atomic E-state index is -0.114. The Bertz CT molecular complexity index is 672. The van der Waals surface area contributed by atoms with Crippen LogP contribution < -0.4 is 15.5 Å². The van der Waals surface area contributed by atoms with Gasteiger partial charge in [-0.25, -0.2) is 4.79 Å². The fourth-order valence-electron chi connectivity index (χ4n) is 3.23. The summed E-state index contributed by atoms with van der Waals surface area (Å²) in [5.41, 5.74) is 3.82. The quantitative estimate of drug-likeness (QED) is 0.886. The van der Waals surface area contributed by atoms with Crippen LogP contribution in [-0.2, 0) is 13.0 Å². The molecule has 0 saturated carbocycles. The molecule has 1 aliphatic heterocycles. The van der Waals surface area contributed by atoms with Crippen LogP contribution in [0.1, 0.15) is 24.5 Å². The number of amides is 2. The van der Waals surface area contributed by atoms with Crippen LogP contribution in [0, 0.1) is 0 Å². The van der Waals surface area contributed by atoms with Gasteiger partial charge in [0.2, 0.25) is 0 Å². The van der Waals surface area contributed by atoms with Gasteiger partial charge in [0.05, 0.1) is 0 Å². The Labute approximate surface area is 143 Å². The smallest absolute Gasteiger partial charge is 0.315 e. The second-order valence-corrected chi connectivity index (χ2v) is 6.30. The van der Waals surface area contributed by atoms with Crippen LogP contribution in [0.3, 0.4) is 0 Å². The molecule has 2 aromatic carbocycles. The first-order valence-electron chi connectivity index (χ1n) is 8.64. The maximum Gasteiger partial charge on any atom is 0.315 e. The lowest BCUT2D eigenvalue weighted by Crippen LogP contribution is -2.44. The Hall–Kier alpha value is -2.49. The van der Waals surface area contributed by atoms with E-state index in [1.807, 2.05) is 30.3 Å². The van der Waals surface area contributed by atoms with Gasteiger partial charge in [-0.3, -0.25) is 0 Å². The molecular weight excluding hydrogens is 298 g/mol. The second kappa shape index (κ2) is 7.86. The number of urea groups is 1. The highest BCUT2D eigenvalue weighted by molar-refractivity contribution is 5.73. The van der Waals surface area contributed by atoms with Gasteiger partial charge in [-0.2, -0.15) is 0 Å².